The van der Waals surface area contributed by atoms with Gasteiger partial charge >= 0.3 is 0 Å². The summed E-state index contributed by atoms with van der Waals surface area (Å²) in [6.45, 7) is 5.51. The van der Waals surface area contributed by atoms with Gasteiger partial charge in [0.15, 0.2) is 5.58 Å². The smallest absolute Gasteiger partial charge is 0.224 e. The van der Waals surface area contributed by atoms with E-state index in [-0.39, 0.29) is 6.61 Å². The first-order valence-corrected chi connectivity index (χ1v) is 10.0. The molecule has 3 aromatic rings. The lowest BCUT2D eigenvalue weighted by Crippen LogP contribution is -2.35. The third kappa shape index (κ3) is 3.49. The van der Waals surface area contributed by atoms with E-state index in [1.165, 1.54) is 0 Å². The zero-order valence-electron chi connectivity index (χ0n) is 17.5. The topological polar surface area (TPSA) is 137 Å². The van der Waals surface area contributed by atoms with Gasteiger partial charge in [-0.3, -0.25) is 4.98 Å². The summed E-state index contributed by atoms with van der Waals surface area (Å²) in [4.78, 5) is 13.5. The Bertz CT molecular complexity index is 1080. The molecule has 0 amide bonds. The monoisotopic (exact) mass is 413 g/mol. The number of nitrogens with zero attached hydrogens (tertiary/aromatic N) is 3. The molecule has 0 spiro atoms. The van der Waals surface area contributed by atoms with Crippen LogP contribution in [0.4, 0.5) is 11.8 Å². The van der Waals surface area contributed by atoms with Gasteiger partial charge in [-0.15, -0.1) is 0 Å². The fourth-order valence-electron chi connectivity index (χ4n) is 4.20. The molecule has 4 rings (SSSR count). The molecular weight excluding hydrogens is 386 g/mol. The van der Waals surface area contributed by atoms with Crippen LogP contribution in [-0.4, -0.2) is 62.2 Å². The number of fused-ring (bicyclic) bond motifs is 1. The molecule has 3 aromatic heterocycles. The zero-order chi connectivity index (χ0) is 21.6. The van der Waals surface area contributed by atoms with Crippen LogP contribution in [0.2, 0.25) is 0 Å². The maximum atomic E-state index is 10.4. The minimum atomic E-state index is -1.02. The molecule has 0 aromatic carbocycles. The van der Waals surface area contributed by atoms with Crippen LogP contribution in [0.3, 0.4) is 0 Å². The van der Waals surface area contributed by atoms with E-state index in [2.05, 4.69) is 25.6 Å². The van der Waals surface area contributed by atoms with Crippen LogP contribution in [0, 0.1) is 26.7 Å². The first-order valence-electron chi connectivity index (χ1n) is 10.0. The quantitative estimate of drug-likeness (QED) is 0.424. The van der Waals surface area contributed by atoms with Crippen molar-refractivity contribution in [2.45, 2.75) is 45.4 Å². The number of rotatable bonds is 5. The van der Waals surface area contributed by atoms with E-state index in [0.717, 1.165) is 16.8 Å². The molecule has 9 heteroatoms. The number of aromatic nitrogens is 3. The average Bonchev–Trinajstić information content (AvgIpc) is 3.23. The van der Waals surface area contributed by atoms with E-state index < -0.39 is 24.2 Å². The number of aliphatic hydroxyl groups excluding tert-OH is 3. The molecule has 0 saturated heterocycles. The van der Waals surface area contributed by atoms with Gasteiger partial charge in [0.05, 0.1) is 29.1 Å². The Balaban J connectivity index is 1.80. The molecule has 1 aliphatic carbocycles. The summed E-state index contributed by atoms with van der Waals surface area (Å²) in [6, 6.07) is 3.43. The number of hydrogen-bond acceptors (Lipinski definition) is 9. The third-order valence-electron chi connectivity index (χ3n) is 5.72. The van der Waals surface area contributed by atoms with Crippen LogP contribution in [0.5, 0.6) is 0 Å². The highest BCUT2D eigenvalue weighted by atomic mass is 16.3. The van der Waals surface area contributed by atoms with Gasteiger partial charge < -0.3 is 30.4 Å². The summed E-state index contributed by atoms with van der Waals surface area (Å²) in [6.07, 6.45) is -1.60. The first-order chi connectivity index (χ1) is 14.3. The van der Waals surface area contributed by atoms with Gasteiger partial charge in [0, 0.05) is 30.7 Å². The predicted octanol–water partition coefficient (Wildman–Crippen LogP) is 1.77. The Kier molecular flexibility index (Phi) is 5.35. The molecular formula is C21H27N5O4. The number of aliphatic hydroxyl groups is 3. The van der Waals surface area contributed by atoms with Gasteiger partial charge in [-0.1, -0.05) is 0 Å². The maximum absolute atomic E-state index is 10.4. The summed E-state index contributed by atoms with van der Waals surface area (Å²) in [5.41, 5.74) is 3.79. The van der Waals surface area contributed by atoms with Crippen molar-refractivity contribution in [3.8, 4) is 11.3 Å². The summed E-state index contributed by atoms with van der Waals surface area (Å²) in [7, 11) is 1.73. The lowest BCUT2D eigenvalue weighted by molar-refractivity contribution is 0.00446. The van der Waals surface area contributed by atoms with E-state index in [4.69, 9.17) is 4.42 Å². The van der Waals surface area contributed by atoms with Crippen LogP contribution < -0.4 is 10.6 Å². The summed E-state index contributed by atoms with van der Waals surface area (Å²) in [5.74, 6) is 1.11. The van der Waals surface area contributed by atoms with E-state index in [1.807, 2.05) is 32.9 Å². The van der Waals surface area contributed by atoms with Gasteiger partial charge in [-0.2, -0.15) is 4.98 Å². The van der Waals surface area contributed by atoms with Crippen molar-refractivity contribution < 1.29 is 19.7 Å². The van der Waals surface area contributed by atoms with Crippen molar-refractivity contribution in [2.24, 2.45) is 5.92 Å². The van der Waals surface area contributed by atoms with Crippen LogP contribution in [0.25, 0.3) is 22.3 Å². The Morgan fingerprint density at radius 1 is 1.07 bits per heavy atom. The molecule has 0 radical (unpaired) electrons. The van der Waals surface area contributed by atoms with Gasteiger partial charge in [0.1, 0.15) is 17.7 Å². The molecule has 30 heavy (non-hydrogen) atoms. The van der Waals surface area contributed by atoms with Crippen LogP contribution in [-0.2, 0) is 0 Å². The average molecular weight is 413 g/mol. The zero-order valence-corrected chi connectivity index (χ0v) is 17.5. The fraction of sp³-hybridized carbons (Fsp3) is 0.476. The second-order valence-corrected chi connectivity index (χ2v) is 7.89. The normalized spacial score (nSPS) is 23.8. The van der Waals surface area contributed by atoms with Gasteiger partial charge in [0.25, 0.3) is 0 Å². The SMILES string of the molecule is CNc1nc(C)c(-c2cc3cc(C)nc(C)c3o2)c(NC2CC(CO)C(O)C2O)n1. The van der Waals surface area contributed by atoms with Crippen molar-refractivity contribution in [1.29, 1.82) is 0 Å². The number of pyridine rings is 1. The Morgan fingerprint density at radius 2 is 1.83 bits per heavy atom. The molecule has 3 heterocycles. The molecule has 9 nitrogen and oxygen atoms in total. The van der Waals surface area contributed by atoms with Crippen LogP contribution in [0.15, 0.2) is 16.5 Å². The molecule has 0 aliphatic heterocycles. The summed E-state index contributed by atoms with van der Waals surface area (Å²) >= 11 is 0. The highest BCUT2D eigenvalue weighted by molar-refractivity contribution is 5.87. The largest absolute Gasteiger partial charge is 0.454 e. The molecule has 4 unspecified atom stereocenters. The molecule has 160 valence electrons. The number of aryl methyl sites for hydroxylation is 3. The highest BCUT2D eigenvalue weighted by Crippen LogP contribution is 2.37. The number of nitrogens with one attached hydrogen (secondary N) is 2. The van der Waals surface area contributed by atoms with Gasteiger partial charge in [0.2, 0.25) is 5.95 Å². The molecule has 1 fully saturated rings. The Morgan fingerprint density at radius 3 is 2.50 bits per heavy atom. The van der Waals surface area contributed by atoms with Crippen LogP contribution >= 0.6 is 0 Å². The number of hydrogen-bond donors (Lipinski definition) is 5. The lowest BCUT2D eigenvalue weighted by Gasteiger charge is -2.21. The minimum absolute atomic E-state index is 0.191. The predicted molar refractivity (Wildman–Crippen MR) is 113 cm³/mol. The number of anilines is 2. The summed E-state index contributed by atoms with van der Waals surface area (Å²) in [5, 5.41) is 37.2. The van der Waals surface area contributed by atoms with Crippen molar-refractivity contribution in [3.05, 3.63) is 29.2 Å². The van der Waals surface area contributed by atoms with Gasteiger partial charge in [-0.25, -0.2) is 4.98 Å². The third-order valence-corrected chi connectivity index (χ3v) is 5.72. The number of furan rings is 1. The highest BCUT2D eigenvalue weighted by Gasteiger charge is 2.41. The molecule has 1 aliphatic rings. The summed E-state index contributed by atoms with van der Waals surface area (Å²) < 4.78 is 6.13. The second-order valence-electron chi connectivity index (χ2n) is 7.89. The maximum Gasteiger partial charge on any atom is 0.224 e. The fourth-order valence-corrected chi connectivity index (χ4v) is 4.20. The molecule has 4 atom stereocenters. The van der Waals surface area contributed by atoms with Crippen molar-refractivity contribution >= 4 is 22.7 Å². The van der Waals surface area contributed by atoms with Crippen molar-refractivity contribution in [1.82, 2.24) is 15.0 Å². The van der Waals surface area contributed by atoms with E-state index in [0.29, 0.717) is 40.8 Å². The second kappa shape index (κ2) is 7.82. The van der Waals surface area contributed by atoms with E-state index >= 15 is 0 Å². The van der Waals surface area contributed by atoms with Crippen LogP contribution in [0.1, 0.15) is 23.5 Å². The molecule has 0 bridgehead atoms. The van der Waals surface area contributed by atoms with Crippen molar-refractivity contribution in [2.75, 3.05) is 24.3 Å². The standard InChI is InChI=1S/C21H27N5O4/c1-9-5-12-7-15(30-19(12)11(3)23-9)16-10(2)24-21(22-4)26-20(16)25-14-6-13(8-27)17(28)18(14)29/h5,7,13-14,17-18,27-29H,6,8H2,1-4H3,(H2,22,24,25,26). The molecule has 5 N–H and O–H groups in total. The first kappa shape index (κ1) is 20.5. The van der Waals surface area contributed by atoms with Gasteiger partial charge in [-0.05, 0) is 39.3 Å². The Hall–Kier alpha value is -2.75. The van der Waals surface area contributed by atoms with Crippen molar-refractivity contribution in [3.63, 3.8) is 0 Å². The molecule has 1 saturated carbocycles. The Labute approximate surface area is 174 Å². The van der Waals surface area contributed by atoms with E-state index in [9.17, 15) is 15.3 Å². The van der Waals surface area contributed by atoms with E-state index in [1.54, 1.807) is 7.05 Å². The minimum Gasteiger partial charge on any atom is -0.454 e. The lowest BCUT2D eigenvalue weighted by atomic mass is 10.1.